The molecule has 1 aliphatic heterocycles. The third-order valence-corrected chi connectivity index (χ3v) is 5.61. The summed E-state index contributed by atoms with van der Waals surface area (Å²) < 4.78 is 1.68. The van der Waals surface area contributed by atoms with Crippen LogP contribution in [0.4, 0.5) is 0 Å². The standard InChI is InChI=1S/C21H21N5O/c1-14-18(20(27)25-10-4-5-11-25)13-23-26(14)21-22-12-16-9-8-15-6-2-3-7-17(15)19(16)24-21/h2-3,6-7,12-13H,4-5,8-11H2,1H3. The minimum absolute atomic E-state index is 0.0551. The highest BCUT2D eigenvalue weighted by Crippen LogP contribution is 2.31. The normalized spacial score (nSPS) is 15.5. The number of benzene rings is 1. The van der Waals surface area contributed by atoms with Gasteiger partial charge in [0.1, 0.15) is 0 Å². The van der Waals surface area contributed by atoms with Crippen LogP contribution in [-0.2, 0) is 12.8 Å². The van der Waals surface area contributed by atoms with E-state index in [0.29, 0.717) is 11.5 Å². The zero-order valence-electron chi connectivity index (χ0n) is 15.4. The Labute approximate surface area is 157 Å². The quantitative estimate of drug-likeness (QED) is 0.706. The zero-order chi connectivity index (χ0) is 18.4. The van der Waals surface area contributed by atoms with Gasteiger partial charge >= 0.3 is 0 Å². The van der Waals surface area contributed by atoms with Crippen molar-refractivity contribution in [2.75, 3.05) is 13.1 Å². The van der Waals surface area contributed by atoms with Crippen LogP contribution < -0.4 is 0 Å². The fourth-order valence-electron chi connectivity index (χ4n) is 4.07. The summed E-state index contributed by atoms with van der Waals surface area (Å²) in [6.07, 6.45) is 7.66. The number of likely N-dealkylation sites (tertiary alicyclic amines) is 1. The minimum atomic E-state index is 0.0551. The lowest BCUT2D eigenvalue weighted by atomic mass is 9.90. The smallest absolute Gasteiger partial charge is 0.257 e. The molecule has 3 aromatic rings. The second-order valence-electron chi connectivity index (χ2n) is 7.26. The summed E-state index contributed by atoms with van der Waals surface area (Å²) in [5.41, 5.74) is 6.05. The predicted octanol–water partition coefficient (Wildman–Crippen LogP) is 2.97. The van der Waals surface area contributed by atoms with Crippen LogP contribution >= 0.6 is 0 Å². The van der Waals surface area contributed by atoms with Gasteiger partial charge in [-0.1, -0.05) is 24.3 Å². The van der Waals surface area contributed by atoms with Gasteiger partial charge in [0.2, 0.25) is 0 Å². The van der Waals surface area contributed by atoms with E-state index in [9.17, 15) is 4.79 Å². The van der Waals surface area contributed by atoms with E-state index in [-0.39, 0.29) is 5.91 Å². The van der Waals surface area contributed by atoms with Crippen LogP contribution in [0.25, 0.3) is 17.2 Å². The molecular formula is C21H21N5O. The van der Waals surface area contributed by atoms with Crippen molar-refractivity contribution in [1.29, 1.82) is 0 Å². The van der Waals surface area contributed by atoms with Gasteiger partial charge < -0.3 is 4.90 Å². The van der Waals surface area contributed by atoms with E-state index < -0.39 is 0 Å². The molecule has 3 heterocycles. The highest BCUT2D eigenvalue weighted by molar-refractivity contribution is 5.95. The van der Waals surface area contributed by atoms with Gasteiger partial charge in [-0.15, -0.1) is 0 Å². The molecule has 0 saturated carbocycles. The Morgan fingerprint density at radius 2 is 1.81 bits per heavy atom. The number of hydrogen-bond donors (Lipinski definition) is 0. The van der Waals surface area contributed by atoms with Crippen LogP contribution in [-0.4, -0.2) is 43.6 Å². The average molecular weight is 359 g/mol. The number of nitrogens with zero attached hydrogens (tertiary/aromatic N) is 5. The van der Waals surface area contributed by atoms with Crippen molar-refractivity contribution < 1.29 is 4.79 Å². The van der Waals surface area contributed by atoms with Crippen molar-refractivity contribution in [2.24, 2.45) is 0 Å². The van der Waals surface area contributed by atoms with E-state index >= 15 is 0 Å². The van der Waals surface area contributed by atoms with E-state index in [1.807, 2.05) is 24.1 Å². The Hall–Kier alpha value is -3.02. The highest BCUT2D eigenvalue weighted by Gasteiger charge is 2.25. The van der Waals surface area contributed by atoms with Crippen molar-refractivity contribution in [3.63, 3.8) is 0 Å². The zero-order valence-corrected chi connectivity index (χ0v) is 15.4. The lowest BCUT2D eigenvalue weighted by Gasteiger charge is -2.19. The predicted molar refractivity (Wildman–Crippen MR) is 102 cm³/mol. The number of hydrogen-bond acceptors (Lipinski definition) is 4. The monoisotopic (exact) mass is 359 g/mol. The average Bonchev–Trinajstić information content (AvgIpc) is 3.37. The van der Waals surface area contributed by atoms with Crippen LogP contribution in [0.2, 0.25) is 0 Å². The van der Waals surface area contributed by atoms with Gasteiger partial charge in [0.05, 0.1) is 23.1 Å². The number of fused-ring (bicyclic) bond motifs is 3. The summed E-state index contributed by atoms with van der Waals surface area (Å²) in [6.45, 7) is 3.57. The maximum Gasteiger partial charge on any atom is 0.257 e. The lowest BCUT2D eigenvalue weighted by Crippen LogP contribution is -2.28. The van der Waals surface area contributed by atoms with E-state index in [0.717, 1.165) is 55.7 Å². The summed E-state index contributed by atoms with van der Waals surface area (Å²) >= 11 is 0. The first-order chi connectivity index (χ1) is 13.2. The molecule has 1 amide bonds. The van der Waals surface area contributed by atoms with Crippen molar-refractivity contribution in [3.8, 4) is 17.2 Å². The first kappa shape index (κ1) is 16.2. The Balaban J connectivity index is 1.54. The number of carbonyl (C=O) groups is 1. The third-order valence-electron chi connectivity index (χ3n) is 5.61. The summed E-state index contributed by atoms with van der Waals surface area (Å²) in [5.74, 6) is 0.572. The van der Waals surface area contributed by atoms with Gasteiger partial charge in [0.15, 0.2) is 0 Å². The highest BCUT2D eigenvalue weighted by atomic mass is 16.2. The summed E-state index contributed by atoms with van der Waals surface area (Å²) in [4.78, 5) is 24.0. The number of rotatable bonds is 2. The van der Waals surface area contributed by atoms with Crippen LogP contribution in [0.3, 0.4) is 0 Å². The van der Waals surface area contributed by atoms with Crippen molar-refractivity contribution in [3.05, 3.63) is 59.0 Å². The molecule has 0 atom stereocenters. The van der Waals surface area contributed by atoms with Crippen LogP contribution in [0.1, 0.15) is 40.0 Å². The first-order valence-electron chi connectivity index (χ1n) is 9.51. The van der Waals surface area contributed by atoms with E-state index in [2.05, 4.69) is 28.3 Å². The molecule has 2 aliphatic rings. The molecule has 1 fully saturated rings. The van der Waals surface area contributed by atoms with Gasteiger partial charge in [0.25, 0.3) is 11.9 Å². The molecular weight excluding hydrogens is 338 g/mol. The molecule has 5 rings (SSSR count). The van der Waals surface area contributed by atoms with Crippen LogP contribution in [0.15, 0.2) is 36.7 Å². The molecule has 0 N–H and O–H groups in total. The molecule has 2 aromatic heterocycles. The Morgan fingerprint density at radius 3 is 2.67 bits per heavy atom. The first-order valence-corrected chi connectivity index (χ1v) is 9.51. The topological polar surface area (TPSA) is 63.9 Å². The fraction of sp³-hybridized carbons (Fsp3) is 0.333. The van der Waals surface area contributed by atoms with Gasteiger partial charge in [-0.2, -0.15) is 5.10 Å². The molecule has 0 spiro atoms. The molecule has 1 aliphatic carbocycles. The van der Waals surface area contributed by atoms with Crippen molar-refractivity contribution in [1.82, 2.24) is 24.6 Å². The molecule has 0 bridgehead atoms. The maximum atomic E-state index is 12.7. The maximum absolute atomic E-state index is 12.7. The largest absolute Gasteiger partial charge is 0.339 e. The second kappa shape index (κ2) is 6.30. The Morgan fingerprint density at radius 1 is 1.04 bits per heavy atom. The summed E-state index contributed by atoms with van der Waals surface area (Å²) in [7, 11) is 0. The SMILES string of the molecule is Cc1c(C(=O)N2CCCC2)cnn1-c1ncc2c(n1)-c1ccccc1CC2. The van der Waals surface area contributed by atoms with Crippen molar-refractivity contribution >= 4 is 5.91 Å². The van der Waals surface area contributed by atoms with E-state index in [1.54, 1.807) is 10.9 Å². The number of amides is 1. The van der Waals surface area contributed by atoms with Gasteiger partial charge in [-0.3, -0.25) is 4.79 Å². The molecule has 1 aromatic carbocycles. The molecule has 6 nitrogen and oxygen atoms in total. The van der Waals surface area contributed by atoms with Crippen LogP contribution in [0, 0.1) is 6.92 Å². The molecule has 1 saturated heterocycles. The van der Waals surface area contributed by atoms with Crippen LogP contribution in [0.5, 0.6) is 0 Å². The van der Waals surface area contributed by atoms with Gasteiger partial charge in [0, 0.05) is 24.8 Å². The second-order valence-corrected chi connectivity index (χ2v) is 7.26. The molecule has 27 heavy (non-hydrogen) atoms. The van der Waals surface area contributed by atoms with E-state index in [1.165, 1.54) is 11.1 Å². The summed E-state index contributed by atoms with van der Waals surface area (Å²) in [6, 6.07) is 8.38. The fourth-order valence-corrected chi connectivity index (χ4v) is 4.07. The molecule has 136 valence electrons. The number of aromatic nitrogens is 4. The van der Waals surface area contributed by atoms with Gasteiger partial charge in [-0.05, 0) is 43.7 Å². The molecule has 6 heteroatoms. The van der Waals surface area contributed by atoms with E-state index in [4.69, 9.17) is 4.98 Å². The summed E-state index contributed by atoms with van der Waals surface area (Å²) in [5, 5.41) is 4.43. The van der Waals surface area contributed by atoms with Crippen molar-refractivity contribution in [2.45, 2.75) is 32.6 Å². The third kappa shape index (κ3) is 2.63. The lowest BCUT2D eigenvalue weighted by molar-refractivity contribution is 0.0792. The Kier molecular flexibility index (Phi) is 3.77. The van der Waals surface area contributed by atoms with Gasteiger partial charge in [-0.25, -0.2) is 14.6 Å². The molecule has 0 unspecified atom stereocenters. The molecule has 0 radical (unpaired) electrons. The number of carbonyl (C=O) groups excluding carboxylic acids is 1. The number of aryl methyl sites for hydroxylation is 2. The minimum Gasteiger partial charge on any atom is -0.339 e. The Bertz CT molecular complexity index is 1030.